The van der Waals surface area contributed by atoms with Gasteiger partial charge in [-0.3, -0.25) is 0 Å². The Morgan fingerprint density at radius 2 is 1.95 bits per heavy atom. The summed E-state index contributed by atoms with van der Waals surface area (Å²) >= 11 is 1.70. The number of rotatable bonds is 4. The summed E-state index contributed by atoms with van der Waals surface area (Å²) in [6.45, 7) is 1.92. The molecule has 3 heteroatoms. The van der Waals surface area contributed by atoms with Gasteiger partial charge in [-0.15, -0.1) is 11.8 Å². The van der Waals surface area contributed by atoms with Gasteiger partial charge in [0.05, 0.1) is 0 Å². The van der Waals surface area contributed by atoms with Crippen LogP contribution in [0.5, 0.6) is 0 Å². The Labute approximate surface area is 118 Å². The summed E-state index contributed by atoms with van der Waals surface area (Å²) in [7, 11) is 0. The van der Waals surface area contributed by atoms with Crippen molar-refractivity contribution in [2.45, 2.75) is 24.3 Å². The van der Waals surface area contributed by atoms with Crippen LogP contribution >= 0.6 is 11.8 Å². The van der Waals surface area contributed by atoms with Crippen LogP contribution < -0.4 is 5.73 Å². The van der Waals surface area contributed by atoms with Crippen LogP contribution in [0.1, 0.15) is 22.7 Å². The Balaban J connectivity index is 2.23. The molecule has 0 saturated carbocycles. The van der Waals surface area contributed by atoms with Crippen molar-refractivity contribution in [3.8, 4) is 0 Å². The van der Waals surface area contributed by atoms with E-state index in [4.69, 9.17) is 5.73 Å². The van der Waals surface area contributed by atoms with Gasteiger partial charge >= 0.3 is 0 Å². The smallest absolute Gasteiger partial charge is 0.123 e. The van der Waals surface area contributed by atoms with Crippen LogP contribution in [0.15, 0.2) is 47.4 Å². The van der Waals surface area contributed by atoms with E-state index < -0.39 is 0 Å². The van der Waals surface area contributed by atoms with Crippen molar-refractivity contribution >= 4 is 11.8 Å². The topological polar surface area (TPSA) is 26.0 Å². The quantitative estimate of drug-likeness (QED) is 0.850. The third kappa shape index (κ3) is 3.37. The van der Waals surface area contributed by atoms with Gasteiger partial charge in [0, 0.05) is 10.9 Å². The molecule has 0 spiro atoms. The lowest BCUT2D eigenvalue weighted by Crippen LogP contribution is -2.15. The second kappa shape index (κ2) is 6.22. The van der Waals surface area contributed by atoms with E-state index in [0.29, 0.717) is 0 Å². The molecule has 1 atom stereocenters. The fraction of sp³-hybridized carbons (Fsp3) is 0.250. The average Bonchev–Trinajstić information content (AvgIpc) is 2.41. The van der Waals surface area contributed by atoms with E-state index >= 15 is 0 Å². The van der Waals surface area contributed by atoms with Crippen molar-refractivity contribution < 1.29 is 4.39 Å². The number of thioether (sulfide) groups is 1. The van der Waals surface area contributed by atoms with Gasteiger partial charge < -0.3 is 5.73 Å². The Hall–Kier alpha value is -1.32. The molecule has 0 heterocycles. The fourth-order valence-corrected chi connectivity index (χ4v) is 2.88. The van der Waals surface area contributed by atoms with Gasteiger partial charge in [-0.2, -0.15) is 0 Å². The first-order chi connectivity index (χ1) is 9.11. The lowest BCUT2D eigenvalue weighted by Gasteiger charge is -2.16. The molecule has 2 rings (SSSR count). The summed E-state index contributed by atoms with van der Waals surface area (Å²) in [6.07, 6.45) is 2.78. The molecule has 0 bridgehead atoms. The number of benzene rings is 2. The lowest BCUT2D eigenvalue weighted by atomic mass is 9.97. The molecular formula is C16H18FNS. The first kappa shape index (κ1) is 14.1. The van der Waals surface area contributed by atoms with Crippen LogP contribution in [-0.2, 0) is 6.42 Å². The van der Waals surface area contributed by atoms with Gasteiger partial charge in [0.1, 0.15) is 5.82 Å². The van der Waals surface area contributed by atoms with Crippen molar-refractivity contribution in [2.24, 2.45) is 5.73 Å². The van der Waals surface area contributed by atoms with Gasteiger partial charge in [0.2, 0.25) is 0 Å². The van der Waals surface area contributed by atoms with Gasteiger partial charge in [-0.25, -0.2) is 4.39 Å². The number of hydrogen-bond acceptors (Lipinski definition) is 2. The molecule has 2 aromatic rings. The van der Waals surface area contributed by atoms with Crippen LogP contribution in [0, 0.1) is 12.7 Å². The molecular weight excluding hydrogens is 257 g/mol. The number of halogens is 1. The Kier molecular flexibility index (Phi) is 4.61. The van der Waals surface area contributed by atoms with E-state index in [1.54, 1.807) is 17.8 Å². The molecule has 0 radical (unpaired) electrons. The molecule has 0 saturated heterocycles. The third-order valence-electron chi connectivity index (χ3n) is 3.28. The van der Waals surface area contributed by atoms with Crippen molar-refractivity contribution in [1.29, 1.82) is 0 Å². The molecule has 100 valence electrons. The van der Waals surface area contributed by atoms with Crippen LogP contribution in [0.3, 0.4) is 0 Å². The van der Waals surface area contributed by atoms with Gasteiger partial charge in [0.15, 0.2) is 0 Å². The maximum absolute atomic E-state index is 13.1. The van der Waals surface area contributed by atoms with Gasteiger partial charge in [-0.1, -0.05) is 24.3 Å². The van der Waals surface area contributed by atoms with Crippen molar-refractivity contribution in [3.05, 3.63) is 65.0 Å². The summed E-state index contributed by atoms with van der Waals surface area (Å²) in [5.41, 5.74) is 9.51. The summed E-state index contributed by atoms with van der Waals surface area (Å²) in [5.74, 6) is -0.195. The predicted octanol–water partition coefficient (Wildman–Crippen LogP) is 4.10. The molecule has 0 aliphatic rings. The Morgan fingerprint density at radius 3 is 2.63 bits per heavy atom. The molecule has 0 aromatic heterocycles. The van der Waals surface area contributed by atoms with Crippen molar-refractivity contribution in [1.82, 2.24) is 0 Å². The van der Waals surface area contributed by atoms with Crippen LogP contribution in [-0.4, -0.2) is 6.26 Å². The van der Waals surface area contributed by atoms with Crippen molar-refractivity contribution in [2.75, 3.05) is 6.26 Å². The highest BCUT2D eigenvalue weighted by atomic mass is 32.2. The highest BCUT2D eigenvalue weighted by Crippen LogP contribution is 2.27. The first-order valence-electron chi connectivity index (χ1n) is 6.25. The molecule has 2 aromatic carbocycles. The summed E-state index contributed by atoms with van der Waals surface area (Å²) in [6, 6.07) is 13.0. The third-order valence-corrected chi connectivity index (χ3v) is 4.09. The first-order valence-corrected chi connectivity index (χ1v) is 7.48. The second-order valence-electron chi connectivity index (χ2n) is 4.62. The number of aryl methyl sites for hydroxylation is 1. The molecule has 1 unspecified atom stereocenters. The Bertz CT molecular complexity index is 568. The fourth-order valence-electron chi connectivity index (χ4n) is 2.21. The predicted molar refractivity (Wildman–Crippen MR) is 80.0 cm³/mol. The molecule has 0 aliphatic heterocycles. The Morgan fingerprint density at radius 1 is 1.21 bits per heavy atom. The molecule has 0 aliphatic carbocycles. The normalized spacial score (nSPS) is 12.4. The largest absolute Gasteiger partial charge is 0.324 e. The van der Waals surface area contributed by atoms with E-state index in [2.05, 4.69) is 18.4 Å². The molecule has 2 N–H and O–H groups in total. The summed E-state index contributed by atoms with van der Waals surface area (Å²) < 4.78 is 13.1. The zero-order valence-electron chi connectivity index (χ0n) is 11.2. The standard InChI is InChI=1S/C16H18FNS/c1-11-9-13(17)8-7-12(11)10-15(18)14-5-3-4-6-16(14)19-2/h3-9,15H,10,18H2,1-2H3. The van der Waals surface area contributed by atoms with Crippen LogP contribution in [0.25, 0.3) is 0 Å². The maximum Gasteiger partial charge on any atom is 0.123 e. The average molecular weight is 275 g/mol. The highest BCUT2D eigenvalue weighted by molar-refractivity contribution is 7.98. The SMILES string of the molecule is CSc1ccccc1C(N)Cc1ccc(F)cc1C. The van der Waals surface area contributed by atoms with Crippen molar-refractivity contribution in [3.63, 3.8) is 0 Å². The minimum absolute atomic E-state index is 0.0622. The summed E-state index contributed by atoms with van der Waals surface area (Å²) in [5, 5.41) is 0. The number of hydrogen-bond donors (Lipinski definition) is 1. The van der Waals surface area contributed by atoms with Crippen LogP contribution in [0.4, 0.5) is 4.39 Å². The van der Waals surface area contributed by atoms with Gasteiger partial charge in [-0.05, 0) is 54.5 Å². The minimum atomic E-state index is -0.195. The summed E-state index contributed by atoms with van der Waals surface area (Å²) in [4.78, 5) is 1.20. The lowest BCUT2D eigenvalue weighted by molar-refractivity contribution is 0.623. The maximum atomic E-state index is 13.1. The van der Waals surface area contributed by atoms with E-state index in [1.807, 2.05) is 25.1 Å². The zero-order chi connectivity index (χ0) is 13.8. The molecule has 0 fully saturated rings. The van der Waals surface area contributed by atoms with E-state index in [-0.39, 0.29) is 11.9 Å². The minimum Gasteiger partial charge on any atom is -0.324 e. The zero-order valence-corrected chi connectivity index (χ0v) is 12.0. The molecule has 19 heavy (non-hydrogen) atoms. The monoisotopic (exact) mass is 275 g/mol. The highest BCUT2D eigenvalue weighted by Gasteiger charge is 2.12. The number of nitrogens with two attached hydrogens (primary N) is 1. The molecule has 1 nitrogen and oxygen atoms in total. The van der Waals surface area contributed by atoms with E-state index in [0.717, 1.165) is 23.1 Å². The van der Waals surface area contributed by atoms with E-state index in [9.17, 15) is 4.39 Å². The second-order valence-corrected chi connectivity index (χ2v) is 5.47. The van der Waals surface area contributed by atoms with E-state index in [1.165, 1.54) is 11.0 Å². The van der Waals surface area contributed by atoms with Gasteiger partial charge in [0.25, 0.3) is 0 Å². The molecule has 0 amide bonds. The van der Waals surface area contributed by atoms with Crippen LogP contribution in [0.2, 0.25) is 0 Å².